The predicted octanol–water partition coefficient (Wildman–Crippen LogP) is 2.45. The molecule has 0 radical (unpaired) electrons. The Kier molecular flexibility index (Phi) is 6.40. The Hall–Kier alpha value is -1.40. The average molecular weight is 353 g/mol. The Labute approximate surface area is 145 Å². The first kappa shape index (κ1) is 18.9. The van der Waals surface area contributed by atoms with Crippen molar-refractivity contribution in [3.63, 3.8) is 0 Å². The van der Waals surface area contributed by atoms with E-state index < -0.39 is 10.0 Å². The van der Waals surface area contributed by atoms with Gasteiger partial charge in [-0.3, -0.25) is 4.79 Å². The first-order valence-electron chi connectivity index (χ1n) is 8.65. The molecule has 1 N–H and O–H groups in total. The van der Waals surface area contributed by atoms with Gasteiger partial charge in [-0.2, -0.15) is 0 Å². The van der Waals surface area contributed by atoms with Crippen molar-refractivity contribution in [1.82, 2.24) is 9.62 Å². The van der Waals surface area contributed by atoms with E-state index in [1.807, 2.05) is 45.0 Å². The van der Waals surface area contributed by atoms with Crippen LogP contribution in [0.2, 0.25) is 0 Å². The van der Waals surface area contributed by atoms with Gasteiger partial charge in [0.25, 0.3) is 0 Å². The predicted molar refractivity (Wildman–Crippen MR) is 96.0 cm³/mol. The lowest BCUT2D eigenvalue weighted by Gasteiger charge is -2.31. The molecule has 24 heavy (non-hydrogen) atoms. The summed E-state index contributed by atoms with van der Waals surface area (Å²) in [7, 11) is -3.33. The van der Waals surface area contributed by atoms with Gasteiger partial charge in [0.05, 0.1) is 5.75 Å². The van der Waals surface area contributed by atoms with Gasteiger partial charge in [0.1, 0.15) is 0 Å². The van der Waals surface area contributed by atoms with Crippen LogP contribution in [0.1, 0.15) is 44.2 Å². The van der Waals surface area contributed by atoms with Crippen molar-refractivity contribution < 1.29 is 13.2 Å². The molecule has 1 fully saturated rings. The molecule has 1 amide bonds. The fourth-order valence-corrected chi connectivity index (χ4v) is 4.51. The highest BCUT2D eigenvalue weighted by Gasteiger charge is 2.31. The van der Waals surface area contributed by atoms with Crippen LogP contribution in [0.15, 0.2) is 24.3 Å². The van der Waals surface area contributed by atoms with E-state index in [4.69, 9.17) is 0 Å². The summed E-state index contributed by atoms with van der Waals surface area (Å²) in [5, 5.41) is 2.99. The first-order valence-corrected chi connectivity index (χ1v) is 10.3. The molecule has 6 heteroatoms. The van der Waals surface area contributed by atoms with Gasteiger partial charge in [-0.05, 0) is 38.7 Å². The van der Waals surface area contributed by atoms with Crippen molar-refractivity contribution in [2.45, 2.75) is 51.8 Å². The fraction of sp³-hybridized carbons (Fsp3) is 0.611. The standard InChI is InChI=1S/C18H28N2O3S/c1-4-15(3)19-18(21)17-8-10-20(11-9-17)24(22,23)13-16-7-5-6-14(2)12-16/h5-7,12,15,17H,4,8-11,13H2,1-3H3,(H,19,21)/t15-/m0/s1. The number of piperidine rings is 1. The topological polar surface area (TPSA) is 66.5 Å². The molecule has 1 aromatic carbocycles. The van der Waals surface area contributed by atoms with Crippen LogP contribution in [0, 0.1) is 12.8 Å². The molecule has 1 aliphatic rings. The van der Waals surface area contributed by atoms with E-state index in [1.165, 1.54) is 4.31 Å². The van der Waals surface area contributed by atoms with Crippen LogP contribution < -0.4 is 5.32 Å². The van der Waals surface area contributed by atoms with E-state index in [2.05, 4.69) is 5.32 Å². The zero-order valence-corrected chi connectivity index (χ0v) is 15.6. The molecule has 2 rings (SSSR count). The quantitative estimate of drug-likeness (QED) is 0.855. The summed E-state index contributed by atoms with van der Waals surface area (Å²) >= 11 is 0. The van der Waals surface area contributed by atoms with Crippen LogP contribution in [0.3, 0.4) is 0 Å². The summed E-state index contributed by atoms with van der Waals surface area (Å²) in [5.74, 6) is 0.00259. The molecule has 5 nitrogen and oxygen atoms in total. The number of hydrogen-bond acceptors (Lipinski definition) is 3. The minimum Gasteiger partial charge on any atom is -0.353 e. The third kappa shape index (κ3) is 5.05. The molecule has 1 aliphatic heterocycles. The number of nitrogens with one attached hydrogen (secondary N) is 1. The van der Waals surface area contributed by atoms with Crippen molar-refractivity contribution in [2.24, 2.45) is 5.92 Å². The van der Waals surface area contributed by atoms with Gasteiger partial charge in [-0.15, -0.1) is 0 Å². The highest BCUT2D eigenvalue weighted by atomic mass is 32.2. The smallest absolute Gasteiger partial charge is 0.223 e. The molecule has 0 aliphatic carbocycles. The molecule has 134 valence electrons. The minimum atomic E-state index is -3.33. The van der Waals surface area contributed by atoms with Gasteiger partial charge in [-0.25, -0.2) is 12.7 Å². The second kappa shape index (κ2) is 8.12. The SMILES string of the molecule is CC[C@H](C)NC(=O)C1CCN(S(=O)(=O)Cc2cccc(C)c2)CC1. The molecule has 0 unspecified atom stereocenters. The summed E-state index contributed by atoms with van der Waals surface area (Å²) in [6.07, 6.45) is 2.08. The summed E-state index contributed by atoms with van der Waals surface area (Å²) in [6.45, 7) is 6.82. The van der Waals surface area contributed by atoms with Crippen molar-refractivity contribution in [3.05, 3.63) is 35.4 Å². The van der Waals surface area contributed by atoms with E-state index in [0.29, 0.717) is 25.9 Å². The molecule has 1 heterocycles. The van der Waals surface area contributed by atoms with E-state index in [-0.39, 0.29) is 23.6 Å². The second-order valence-corrected chi connectivity index (χ2v) is 8.71. The third-order valence-electron chi connectivity index (χ3n) is 4.65. The monoisotopic (exact) mass is 352 g/mol. The molecule has 1 saturated heterocycles. The highest BCUT2D eigenvalue weighted by Crippen LogP contribution is 2.22. The first-order chi connectivity index (χ1) is 11.3. The maximum absolute atomic E-state index is 12.6. The van der Waals surface area contributed by atoms with Crippen LogP contribution >= 0.6 is 0 Å². The van der Waals surface area contributed by atoms with E-state index in [1.54, 1.807) is 0 Å². The lowest BCUT2D eigenvalue weighted by atomic mass is 9.97. The number of carbonyl (C=O) groups excluding carboxylic acids is 1. The van der Waals surface area contributed by atoms with E-state index >= 15 is 0 Å². The number of rotatable bonds is 6. The Bertz CT molecular complexity index is 665. The summed E-state index contributed by atoms with van der Waals surface area (Å²) in [4.78, 5) is 12.2. The molecule has 0 bridgehead atoms. The van der Waals surface area contributed by atoms with Crippen LogP contribution in [0.4, 0.5) is 0 Å². The molecule has 0 spiro atoms. The van der Waals surface area contributed by atoms with Gasteiger partial charge in [-0.1, -0.05) is 36.8 Å². The Morgan fingerprint density at radius 2 is 2.00 bits per heavy atom. The maximum atomic E-state index is 12.6. The van der Waals surface area contributed by atoms with E-state index in [0.717, 1.165) is 17.5 Å². The van der Waals surface area contributed by atoms with Crippen molar-refractivity contribution in [3.8, 4) is 0 Å². The van der Waals surface area contributed by atoms with Gasteiger partial charge in [0.2, 0.25) is 15.9 Å². The van der Waals surface area contributed by atoms with Crippen LogP contribution in [0.5, 0.6) is 0 Å². The lowest BCUT2D eigenvalue weighted by molar-refractivity contribution is -0.126. The highest BCUT2D eigenvalue weighted by molar-refractivity contribution is 7.88. The number of hydrogen-bond donors (Lipinski definition) is 1. The van der Waals surface area contributed by atoms with Gasteiger partial charge >= 0.3 is 0 Å². The third-order valence-corrected chi connectivity index (χ3v) is 6.50. The molecular weight excluding hydrogens is 324 g/mol. The maximum Gasteiger partial charge on any atom is 0.223 e. The summed E-state index contributed by atoms with van der Waals surface area (Å²) in [6, 6.07) is 7.75. The summed E-state index contributed by atoms with van der Waals surface area (Å²) in [5.41, 5.74) is 1.87. The van der Waals surface area contributed by atoms with Crippen LogP contribution in [-0.4, -0.2) is 37.8 Å². The second-order valence-electron chi connectivity index (χ2n) is 6.74. The molecule has 0 saturated carbocycles. The fourth-order valence-electron chi connectivity index (χ4n) is 2.96. The summed E-state index contributed by atoms with van der Waals surface area (Å²) < 4.78 is 26.7. The molecule has 0 aromatic heterocycles. The van der Waals surface area contributed by atoms with Crippen LogP contribution in [-0.2, 0) is 20.6 Å². The van der Waals surface area contributed by atoms with Crippen LogP contribution in [0.25, 0.3) is 0 Å². The zero-order chi connectivity index (χ0) is 17.7. The number of nitrogens with zero attached hydrogens (tertiary/aromatic N) is 1. The zero-order valence-electron chi connectivity index (χ0n) is 14.8. The number of sulfonamides is 1. The van der Waals surface area contributed by atoms with Crippen molar-refractivity contribution in [2.75, 3.05) is 13.1 Å². The molecule has 1 atom stereocenters. The normalized spacial score (nSPS) is 18.3. The Balaban J connectivity index is 1.92. The van der Waals surface area contributed by atoms with Crippen molar-refractivity contribution >= 4 is 15.9 Å². The minimum absolute atomic E-state index is 0.0262. The number of benzene rings is 1. The van der Waals surface area contributed by atoms with Crippen molar-refractivity contribution in [1.29, 1.82) is 0 Å². The van der Waals surface area contributed by atoms with Gasteiger partial charge in [0, 0.05) is 25.0 Å². The van der Waals surface area contributed by atoms with Gasteiger partial charge in [0.15, 0.2) is 0 Å². The number of aryl methyl sites for hydroxylation is 1. The largest absolute Gasteiger partial charge is 0.353 e. The molecule has 1 aromatic rings. The lowest BCUT2D eigenvalue weighted by Crippen LogP contribution is -2.44. The Morgan fingerprint density at radius 1 is 1.33 bits per heavy atom. The average Bonchev–Trinajstić information content (AvgIpc) is 2.54. The number of carbonyl (C=O) groups is 1. The Morgan fingerprint density at radius 3 is 2.58 bits per heavy atom. The molecular formula is C18H28N2O3S. The number of amides is 1. The van der Waals surface area contributed by atoms with Gasteiger partial charge < -0.3 is 5.32 Å². The van der Waals surface area contributed by atoms with E-state index in [9.17, 15) is 13.2 Å².